The molecule has 3 aromatic heterocycles. The number of anilines is 1. The van der Waals surface area contributed by atoms with Gasteiger partial charge >= 0.3 is 0 Å². The number of aromatic amines is 1. The van der Waals surface area contributed by atoms with E-state index in [0.29, 0.717) is 11.2 Å². The lowest BCUT2D eigenvalue weighted by molar-refractivity contribution is 0.618. The van der Waals surface area contributed by atoms with Gasteiger partial charge in [0.25, 0.3) is 0 Å². The summed E-state index contributed by atoms with van der Waals surface area (Å²) in [6.45, 7) is 0. The predicted octanol–water partition coefficient (Wildman–Crippen LogP) is 4.81. The Kier molecular flexibility index (Phi) is 4.34. The molecule has 4 rings (SSSR count). The Balaban J connectivity index is 1.62. The van der Waals surface area contributed by atoms with Crippen molar-refractivity contribution in [3.8, 4) is 11.3 Å². The van der Waals surface area contributed by atoms with Gasteiger partial charge in [-0.15, -0.1) is 0 Å². The normalized spacial score (nSPS) is 16.2. The molecule has 0 bridgehead atoms. The molecule has 1 fully saturated rings. The van der Waals surface area contributed by atoms with Gasteiger partial charge in [0.15, 0.2) is 5.65 Å². The number of hydrogen-bond acceptors (Lipinski definition) is 4. The van der Waals surface area contributed by atoms with Crippen molar-refractivity contribution in [2.24, 2.45) is 0 Å². The molecule has 0 unspecified atom stereocenters. The smallest absolute Gasteiger partial charge is 0.156 e. The van der Waals surface area contributed by atoms with Crippen molar-refractivity contribution in [3.05, 3.63) is 35.7 Å². The summed E-state index contributed by atoms with van der Waals surface area (Å²) in [5.74, 6) is 0.920. The monoisotopic (exact) mass is 341 g/mol. The molecule has 5 nitrogen and oxygen atoms in total. The topological polar surface area (TPSA) is 66.5 Å². The summed E-state index contributed by atoms with van der Waals surface area (Å²) in [6.07, 6.45) is 11.2. The molecular weight excluding hydrogens is 322 g/mol. The van der Waals surface area contributed by atoms with Crippen LogP contribution in [0.3, 0.4) is 0 Å². The Hall–Kier alpha value is -2.14. The molecule has 1 aliphatic carbocycles. The number of hydrogen-bond donors (Lipinski definition) is 2. The molecule has 1 aliphatic rings. The third-order valence-electron chi connectivity index (χ3n) is 4.58. The number of rotatable bonds is 3. The molecule has 0 amide bonds. The van der Waals surface area contributed by atoms with E-state index < -0.39 is 0 Å². The van der Waals surface area contributed by atoms with Crippen molar-refractivity contribution >= 4 is 28.6 Å². The van der Waals surface area contributed by atoms with Crippen LogP contribution in [0.4, 0.5) is 5.82 Å². The van der Waals surface area contributed by atoms with Gasteiger partial charge in [0.1, 0.15) is 16.5 Å². The second kappa shape index (κ2) is 6.77. The highest BCUT2D eigenvalue weighted by Gasteiger charge is 2.14. The highest BCUT2D eigenvalue weighted by molar-refractivity contribution is 6.29. The number of nitrogens with zero attached hydrogens (tertiary/aromatic N) is 3. The fourth-order valence-corrected chi connectivity index (χ4v) is 3.50. The first-order valence-corrected chi connectivity index (χ1v) is 8.91. The lowest BCUT2D eigenvalue weighted by Gasteiger charge is -2.17. The van der Waals surface area contributed by atoms with Crippen molar-refractivity contribution in [1.29, 1.82) is 0 Å². The number of halogens is 1. The zero-order valence-electron chi connectivity index (χ0n) is 13.4. The highest BCUT2D eigenvalue weighted by atomic mass is 35.5. The van der Waals surface area contributed by atoms with E-state index in [2.05, 4.69) is 20.3 Å². The summed E-state index contributed by atoms with van der Waals surface area (Å²) >= 11 is 5.99. The van der Waals surface area contributed by atoms with Crippen LogP contribution in [0.5, 0.6) is 0 Å². The molecule has 3 aromatic rings. The van der Waals surface area contributed by atoms with Gasteiger partial charge in [-0.1, -0.05) is 43.4 Å². The number of aromatic nitrogens is 4. The Bertz CT molecular complexity index is 836. The lowest BCUT2D eigenvalue weighted by atomic mass is 10.1. The average molecular weight is 342 g/mol. The maximum absolute atomic E-state index is 5.99. The quantitative estimate of drug-likeness (QED) is 0.671. The van der Waals surface area contributed by atoms with Crippen molar-refractivity contribution in [2.75, 3.05) is 5.32 Å². The van der Waals surface area contributed by atoms with Gasteiger partial charge in [-0.25, -0.2) is 15.0 Å². The number of nitrogens with one attached hydrogen (secondary N) is 2. The maximum Gasteiger partial charge on any atom is 0.156 e. The fourth-order valence-electron chi connectivity index (χ4n) is 3.36. The molecule has 1 saturated carbocycles. The largest absolute Gasteiger partial charge is 0.367 e. The number of pyridine rings is 1. The Morgan fingerprint density at radius 1 is 1.08 bits per heavy atom. The molecular formula is C18H20ClN5. The molecule has 2 N–H and O–H groups in total. The standard InChI is InChI=1S/C18H20ClN5/c19-15-11-21-18-17(24-15)13(10-20-18)14-8-5-9-16(23-14)22-12-6-3-1-2-4-7-12/h5,8-12H,1-4,6-7H2,(H,20,21)(H,22,23). The molecule has 0 aromatic carbocycles. The molecule has 0 aliphatic heterocycles. The van der Waals surface area contributed by atoms with E-state index in [1.165, 1.54) is 38.5 Å². The van der Waals surface area contributed by atoms with Gasteiger partial charge in [0.05, 0.1) is 11.9 Å². The first-order valence-electron chi connectivity index (χ1n) is 8.53. The molecule has 0 radical (unpaired) electrons. The van der Waals surface area contributed by atoms with Gasteiger partial charge in [-0.3, -0.25) is 0 Å². The minimum Gasteiger partial charge on any atom is -0.367 e. The second-order valence-electron chi connectivity index (χ2n) is 6.33. The van der Waals surface area contributed by atoms with E-state index in [1.807, 2.05) is 24.4 Å². The molecule has 6 heteroatoms. The number of H-pyrrole nitrogens is 1. The minimum atomic E-state index is 0.385. The average Bonchev–Trinajstić information content (AvgIpc) is 2.83. The maximum atomic E-state index is 5.99. The summed E-state index contributed by atoms with van der Waals surface area (Å²) in [5.41, 5.74) is 3.26. The SMILES string of the molecule is Clc1cnc2[nH]cc(-c3cccc(NC4CCCCCC4)n3)c2n1. The third kappa shape index (κ3) is 3.22. The number of fused-ring (bicyclic) bond motifs is 1. The zero-order valence-corrected chi connectivity index (χ0v) is 14.2. The summed E-state index contributed by atoms with van der Waals surface area (Å²) in [6, 6.07) is 6.57. The van der Waals surface area contributed by atoms with Gasteiger partial charge < -0.3 is 10.3 Å². The van der Waals surface area contributed by atoms with Crippen LogP contribution in [0.1, 0.15) is 38.5 Å². The van der Waals surface area contributed by atoms with Crippen LogP contribution in [-0.4, -0.2) is 26.0 Å². The fraction of sp³-hybridized carbons (Fsp3) is 0.389. The summed E-state index contributed by atoms with van der Waals surface area (Å²) in [4.78, 5) is 16.5. The van der Waals surface area contributed by atoms with Crippen LogP contribution in [0, 0.1) is 0 Å². The molecule has 124 valence electrons. The minimum absolute atomic E-state index is 0.385. The van der Waals surface area contributed by atoms with Crippen molar-refractivity contribution in [1.82, 2.24) is 19.9 Å². The van der Waals surface area contributed by atoms with Crippen LogP contribution in [0.15, 0.2) is 30.6 Å². The van der Waals surface area contributed by atoms with E-state index in [-0.39, 0.29) is 0 Å². The van der Waals surface area contributed by atoms with Crippen LogP contribution in [0.25, 0.3) is 22.4 Å². The molecule has 3 heterocycles. The Morgan fingerprint density at radius 2 is 1.92 bits per heavy atom. The predicted molar refractivity (Wildman–Crippen MR) is 97.2 cm³/mol. The van der Waals surface area contributed by atoms with Gasteiger partial charge in [0.2, 0.25) is 0 Å². The van der Waals surface area contributed by atoms with Crippen LogP contribution < -0.4 is 5.32 Å². The highest BCUT2D eigenvalue weighted by Crippen LogP contribution is 2.27. The zero-order chi connectivity index (χ0) is 16.4. The third-order valence-corrected chi connectivity index (χ3v) is 4.77. The van der Waals surface area contributed by atoms with E-state index in [9.17, 15) is 0 Å². The summed E-state index contributed by atoms with van der Waals surface area (Å²) in [7, 11) is 0. The summed E-state index contributed by atoms with van der Waals surface area (Å²) in [5, 5.41) is 3.98. The molecule has 0 atom stereocenters. The van der Waals surface area contributed by atoms with Gasteiger partial charge in [-0.2, -0.15) is 0 Å². The van der Waals surface area contributed by atoms with E-state index in [0.717, 1.165) is 28.2 Å². The Morgan fingerprint density at radius 3 is 2.75 bits per heavy atom. The van der Waals surface area contributed by atoms with E-state index in [4.69, 9.17) is 16.6 Å². The second-order valence-corrected chi connectivity index (χ2v) is 6.72. The summed E-state index contributed by atoms with van der Waals surface area (Å²) < 4.78 is 0. The van der Waals surface area contributed by atoms with Crippen LogP contribution >= 0.6 is 11.6 Å². The van der Waals surface area contributed by atoms with Crippen LogP contribution in [0.2, 0.25) is 5.15 Å². The van der Waals surface area contributed by atoms with Gasteiger partial charge in [-0.05, 0) is 25.0 Å². The molecule has 0 spiro atoms. The first-order chi connectivity index (χ1) is 11.8. The Labute approximate surface area is 145 Å². The van der Waals surface area contributed by atoms with Crippen LogP contribution in [-0.2, 0) is 0 Å². The van der Waals surface area contributed by atoms with E-state index in [1.54, 1.807) is 6.20 Å². The van der Waals surface area contributed by atoms with Crippen molar-refractivity contribution in [2.45, 2.75) is 44.6 Å². The van der Waals surface area contributed by atoms with Crippen molar-refractivity contribution < 1.29 is 0 Å². The lowest BCUT2D eigenvalue weighted by Crippen LogP contribution is -2.19. The molecule has 0 saturated heterocycles. The van der Waals surface area contributed by atoms with E-state index >= 15 is 0 Å². The van der Waals surface area contributed by atoms with Gasteiger partial charge in [0, 0.05) is 17.8 Å². The molecule has 24 heavy (non-hydrogen) atoms. The van der Waals surface area contributed by atoms with Crippen molar-refractivity contribution in [3.63, 3.8) is 0 Å². The first kappa shape index (κ1) is 15.4.